The van der Waals surface area contributed by atoms with Crippen LogP contribution in [0.25, 0.3) is 0 Å². The van der Waals surface area contributed by atoms with Crippen LogP contribution in [0, 0.1) is 0 Å². The third-order valence-electron chi connectivity index (χ3n) is 2.95. The molecule has 20 heavy (non-hydrogen) atoms. The summed E-state index contributed by atoms with van der Waals surface area (Å²) in [5.41, 5.74) is 0.500. The Labute approximate surface area is 122 Å². The lowest BCUT2D eigenvalue weighted by molar-refractivity contribution is 0.249. The number of para-hydroxylation sites is 2. The van der Waals surface area contributed by atoms with Gasteiger partial charge in [-0.2, -0.15) is 0 Å². The molecule has 2 N–H and O–H groups in total. The molecule has 0 bridgehead atoms. The molecule has 0 aromatic heterocycles. The second-order valence-corrected chi connectivity index (χ2v) is 7.21. The number of alkyl halides is 1. The van der Waals surface area contributed by atoms with E-state index in [4.69, 9.17) is 16.3 Å². The number of carbonyl (C=O) groups is 1. The molecule has 1 saturated heterocycles. The average Bonchev–Trinajstić information content (AvgIpc) is 2.62. The highest BCUT2D eigenvalue weighted by atomic mass is 35.5. The van der Waals surface area contributed by atoms with Gasteiger partial charge in [-0.3, -0.25) is 0 Å². The lowest BCUT2D eigenvalue weighted by Gasteiger charge is -2.16. The number of urea groups is 1. The molecule has 6 nitrogen and oxygen atoms in total. The summed E-state index contributed by atoms with van der Waals surface area (Å²) in [7, 11) is -1.68. The lowest BCUT2D eigenvalue weighted by atomic mass is 10.2. The summed E-state index contributed by atoms with van der Waals surface area (Å²) in [4.78, 5) is 11.9. The van der Waals surface area contributed by atoms with Crippen LogP contribution in [0.1, 0.15) is 0 Å². The summed E-state index contributed by atoms with van der Waals surface area (Å²) in [5, 5.41) is 4.57. The monoisotopic (exact) mass is 318 g/mol. The van der Waals surface area contributed by atoms with Crippen molar-refractivity contribution in [2.24, 2.45) is 0 Å². The minimum Gasteiger partial charge on any atom is -0.495 e. The smallest absolute Gasteiger partial charge is 0.319 e. The number of ether oxygens (including phenoxy) is 1. The van der Waals surface area contributed by atoms with Crippen LogP contribution in [0.2, 0.25) is 0 Å². The standard InChI is InChI=1S/C12H15ClN2O4S/c1-19-11-5-3-2-4-9(11)14-12(16)15-10-7-20(17,18)6-8(10)13/h2-5,8,10H,6-7H2,1H3,(H2,14,15,16)/t8-,10+/m0/s1. The van der Waals surface area contributed by atoms with Crippen molar-refractivity contribution in [2.45, 2.75) is 11.4 Å². The zero-order valence-electron chi connectivity index (χ0n) is 10.8. The molecule has 1 aliphatic heterocycles. The van der Waals surface area contributed by atoms with Gasteiger partial charge in [0.15, 0.2) is 9.84 Å². The normalized spacial score (nSPS) is 24.1. The molecule has 1 aromatic rings. The lowest BCUT2D eigenvalue weighted by Crippen LogP contribution is -2.42. The van der Waals surface area contributed by atoms with Gasteiger partial charge in [0.25, 0.3) is 0 Å². The fourth-order valence-corrected chi connectivity index (χ4v) is 4.56. The van der Waals surface area contributed by atoms with Crippen molar-refractivity contribution < 1.29 is 17.9 Å². The summed E-state index contributed by atoms with van der Waals surface area (Å²) in [6.07, 6.45) is 0. The number of sulfone groups is 1. The highest BCUT2D eigenvalue weighted by Gasteiger charge is 2.37. The van der Waals surface area contributed by atoms with Gasteiger partial charge in [0.1, 0.15) is 5.75 Å². The van der Waals surface area contributed by atoms with Gasteiger partial charge < -0.3 is 15.4 Å². The first-order chi connectivity index (χ1) is 9.41. The van der Waals surface area contributed by atoms with Crippen molar-refractivity contribution in [2.75, 3.05) is 23.9 Å². The summed E-state index contributed by atoms with van der Waals surface area (Å²) in [6, 6.07) is 5.82. The molecule has 110 valence electrons. The van der Waals surface area contributed by atoms with E-state index in [1.807, 2.05) is 0 Å². The van der Waals surface area contributed by atoms with Gasteiger partial charge in [-0.25, -0.2) is 13.2 Å². The fraction of sp³-hybridized carbons (Fsp3) is 0.417. The molecule has 0 unspecified atom stereocenters. The van der Waals surface area contributed by atoms with E-state index in [0.29, 0.717) is 11.4 Å². The van der Waals surface area contributed by atoms with Crippen molar-refractivity contribution in [3.05, 3.63) is 24.3 Å². The largest absolute Gasteiger partial charge is 0.495 e. The van der Waals surface area contributed by atoms with Gasteiger partial charge in [-0.1, -0.05) is 12.1 Å². The molecule has 0 radical (unpaired) electrons. The van der Waals surface area contributed by atoms with Crippen LogP contribution in [0.3, 0.4) is 0 Å². The molecular weight excluding hydrogens is 304 g/mol. The first kappa shape index (κ1) is 14.9. The number of methoxy groups -OCH3 is 1. The summed E-state index contributed by atoms with van der Waals surface area (Å²) in [6.45, 7) is 0. The first-order valence-electron chi connectivity index (χ1n) is 5.96. The highest BCUT2D eigenvalue weighted by Crippen LogP contribution is 2.23. The van der Waals surface area contributed by atoms with E-state index < -0.39 is 27.3 Å². The Kier molecular flexibility index (Phi) is 4.39. The number of carbonyl (C=O) groups excluding carboxylic acids is 1. The van der Waals surface area contributed by atoms with Crippen LogP contribution < -0.4 is 15.4 Å². The zero-order chi connectivity index (χ0) is 14.8. The Morgan fingerprint density at radius 2 is 2.05 bits per heavy atom. The molecule has 0 saturated carbocycles. The summed E-state index contributed by atoms with van der Waals surface area (Å²) < 4.78 is 27.9. The van der Waals surface area contributed by atoms with E-state index in [0.717, 1.165) is 0 Å². The van der Waals surface area contributed by atoms with E-state index in [1.54, 1.807) is 24.3 Å². The topological polar surface area (TPSA) is 84.5 Å². The van der Waals surface area contributed by atoms with E-state index in [1.165, 1.54) is 7.11 Å². The minimum absolute atomic E-state index is 0.117. The predicted octanol–water partition coefficient (Wildman–Crippen LogP) is 1.22. The second kappa shape index (κ2) is 5.88. The van der Waals surface area contributed by atoms with Crippen LogP contribution in [0.15, 0.2) is 24.3 Å². The van der Waals surface area contributed by atoms with Crippen LogP contribution in [0.5, 0.6) is 5.75 Å². The van der Waals surface area contributed by atoms with Crippen LogP contribution in [-0.4, -0.2) is 44.5 Å². The van der Waals surface area contributed by atoms with Gasteiger partial charge in [0, 0.05) is 0 Å². The predicted molar refractivity (Wildman–Crippen MR) is 77.2 cm³/mol. The summed E-state index contributed by atoms with van der Waals surface area (Å²) >= 11 is 5.92. The van der Waals surface area contributed by atoms with Crippen LogP contribution >= 0.6 is 11.6 Å². The number of hydrogen-bond acceptors (Lipinski definition) is 4. The van der Waals surface area contributed by atoms with E-state index >= 15 is 0 Å². The van der Waals surface area contributed by atoms with Gasteiger partial charge >= 0.3 is 6.03 Å². The summed E-state index contributed by atoms with van der Waals surface area (Å²) in [5.74, 6) is 0.262. The van der Waals surface area contributed by atoms with Crippen molar-refractivity contribution in [1.82, 2.24) is 5.32 Å². The van der Waals surface area contributed by atoms with Gasteiger partial charge in [0.05, 0.1) is 35.7 Å². The molecule has 2 atom stereocenters. The number of amides is 2. The zero-order valence-corrected chi connectivity index (χ0v) is 12.4. The van der Waals surface area contributed by atoms with E-state index in [9.17, 15) is 13.2 Å². The molecule has 1 heterocycles. The number of anilines is 1. The fourth-order valence-electron chi connectivity index (χ4n) is 2.01. The Morgan fingerprint density at radius 3 is 2.65 bits per heavy atom. The number of halogens is 1. The van der Waals surface area contributed by atoms with Gasteiger partial charge in [-0.05, 0) is 12.1 Å². The molecule has 0 aliphatic carbocycles. The molecule has 1 aromatic carbocycles. The molecule has 2 amide bonds. The van der Waals surface area contributed by atoms with Crippen molar-refractivity contribution >= 4 is 33.2 Å². The van der Waals surface area contributed by atoms with E-state index in [-0.39, 0.29) is 11.5 Å². The molecule has 8 heteroatoms. The number of nitrogens with one attached hydrogen (secondary N) is 2. The number of benzene rings is 1. The van der Waals surface area contributed by atoms with Crippen molar-refractivity contribution in [1.29, 1.82) is 0 Å². The Morgan fingerprint density at radius 1 is 1.35 bits per heavy atom. The maximum Gasteiger partial charge on any atom is 0.319 e. The molecule has 1 fully saturated rings. The van der Waals surface area contributed by atoms with Crippen molar-refractivity contribution in [3.8, 4) is 5.75 Å². The van der Waals surface area contributed by atoms with Gasteiger partial charge in [0.2, 0.25) is 0 Å². The molecule has 0 spiro atoms. The minimum atomic E-state index is -3.18. The quantitative estimate of drug-likeness (QED) is 0.821. The molecule has 2 rings (SSSR count). The average molecular weight is 319 g/mol. The first-order valence-corrected chi connectivity index (χ1v) is 8.22. The molecular formula is C12H15ClN2O4S. The SMILES string of the molecule is COc1ccccc1NC(=O)N[C@@H]1CS(=O)(=O)C[C@@H]1Cl. The number of hydrogen-bond donors (Lipinski definition) is 2. The number of rotatable bonds is 3. The Hall–Kier alpha value is -1.47. The van der Waals surface area contributed by atoms with E-state index in [2.05, 4.69) is 10.6 Å². The maximum absolute atomic E-state index is 11.9. The third-order valence-corrected chi connectivity index (χ3v) is 5.33. The van der Waals surface area contributed by atoms with Crippen LogP contribution in [0.4, 0.5) is 10.5 Å². The second-order valence-electron chi connectivity index (χ2n) is 4.50. The van der Waals surface area contributed by atoms with Gasteiger partial charge in [-0.15, -0.1) is 11.6 Å². The van der Waals surface area contributed by atoms with Crippen molar-refractivity contribution in [3.63, 3.8) is 0 Å². The third kappa shape index (κ3) is 3.55. The molecule has 1 aliphatic rings. The van der Waals surface area contributed by atoms with Crippen LogP contribution in [-0.2, 0) is 9.84 Å². The highest BCUT2D eigenvalue weighted by molar-refractivity contribution is 7.91. The Balaban J connectivity index is 2.00. The Bertz CT molecular complexity index is 605. The maximum atomic E-state index is 11.9.